The molecule has 0 aliphatic heterocycles. The molecule has 0 radical (unpaired) electrons. The number of aromatic nitrogens is 1. The van der Waals surface area contributed by atoms with Gasteiger partial charge in [-0.05, 0) is 35.6 Å². The first-order chi connectivity index (χ1) is 10.8. The van der Waals surface area contributed by atoms with Crippen molar-refractivity contribution in [2.45, 2.75) is 19.9 Å². The predicted octanol–water partition coefficient (Wildman–Crippen LogP) is 4.59. The third kappa shape index (κ3) is 3.73. The van der Waals surface area contributed by atoms with Crippen LogP contribution >= 0.6 is 0 Å². The lowest BCUT2D eigenvalue weighted by Crippen LogP contribution is -2.04. The second-order valence-electron chi connectivity index (χ2n) is 5.51. The van der Waals surface area contributed by atoms with Crippen molar-refractivity contribution in [3.05, 3.63) is 95.2 Å². The molecule has 110 valence electrons. The number of anilines is 1. The fourth-order valence-corrected chi connectivity index (χ4v) is 2.53. The Morgan fingerprint density at radius 2 is 1.45 bits per heavy atom. The van der Waals surface area contributed by atoms with Gasteiger partial charge in [0.2, 0.25) is 0 Å². The second-order valence-corrected chi connectivity index (χ2v) is 5.51. The zero-order valence-electron chi connectivity index (χ0n) is 12.8. The van der Waals surface area contributed by atoms with Crippen molar-refractivity contribution in [3.63, 3.8) is 0 Å². The van der Waals surface area contributed by atoms with Gasteiger partial charge in [0.15, 0.2) is 0 Å². The van der Waals surface area contributed by atoms with E-state index in [9.17, 15) is 0 Å². The Kier molecular flexibility index (Phi) is 4.50. The average Bonchev–Trinajstić information content (AvgIpc) is 2.56. The molecule has 22 heavy (non-hydrogen) atoms. The summed E-state index contributed by atoms with van der Waals surface area (Å²) in [7, 11) is 0. The highest BCUT2D eigenvalue weighted by Gasteiger charge is 2.03. The summed E-state index contributed by atoms with van der Waals surface area (Å²) in [6, 6.07) is 23.1. The van der Waals surface area contributed by atoms with E-state index in [4.69, 9.17) is 0 Å². The van der Waals surface area contributed by atoms with Crippen molar-refractivity contribution in [1.82, 2.24) is 4.98 Å². The quantitative estimate of drug-likeness (QED) is 0.742. The maximum atomic E-state index is 4.58. The molecule has 0 spiro atoms. The molecule has 0 fully saturated rings. The normalized spacial score (nSPS) is 10.4. The number of hydrogen-bond acceptors (Lipinski definition) is 2. The van der Waals surface area contributed by atoms with E-state index >= 15 is 0 Å². The van der Waals surface area contributed by atoms with Crippen molar-refractivity contribution < 1.29 is 0 Å². The summed E-state index contributed by atoms with van der Waals surface area (Å²) in [5.74, 6) is 0.959. The Morgan fingerprint density at radius 1 is 0.818 bits per heavy atom. The molecule has 0 saturated heterocycles. The van der Waals surface area contributed by atoms with Gasteiger partial charge in [0, 0.05) is 12.7 Å². The van der Waals surface area contributed by atoms with Crippen molar-refractivity contribution in [2.75, 3.05) is 5.32 Å². The number of aryl methyl sites for hydroxylation is 1. The highest BCUT2D eigenvalue weighted by molar-refractivity contribution is 5.45. The minimum atomic E-state index is 0.798. The zero-order chi connectivity index (χ0) is 15.2. The third-order valence-corrected chi connectivity index (χ3v) is 3.69. The molecule has 2 heteroatoms. The average molecular weight is 288 g/mol. The summed E-state index contributed by atoms with van der Waals surface area (Å²) >= 11 is 0. The maximum absolute atomic E-state index is 4.58. The Bertz CT molecular complexity index is 721. The Hall–Kier alpha value is -2.61. The fourth-order valence-electron chi connectivity index (χ4n) is 2.53. The maximum Gasteiger partial charge on any atom is 0.129 e. The summed E-state index contributed by atoms with van der Waals surface area (Å²) in [4.78, 5) is 4.58. The molecule has 0 saturated carbocycles. The molecule has 0 atom stereocenters. The van der Waals surface area contributed by atoms with Crippen molar-refractivity contribution in [1.29, 1.82) is 0 Å². The lowest BCUT2D eigenvalue weighted by Gasteiger charge is -2.10. The van der Waals surface area contributed by atoms with E-state index in [0.717, 1.165) is 18.8 Å². The summed E-state index contributed by atoms with van der Waals surface area (Å²) in [5, 5.41) is 3.41. The molecular weight excluding hydrogens is 268 g/mol. The number of nitrogens with zero attached hydrogens (tertiary/aromatic N) is 1. The molecule has 1 heterocycles. The molecule has 3 aromatic rings. The van der Waals surface area contributed by atoms with Crippen LogP contribution in [-0.2, 0) is 13.0 Å². The van der Waals surface area contributed by atoms with Gasteiger partial charge < -0.3 is 5.32 Å². The van der Waals surface area contributed by atoms with E-state index in [1.165, 1.54) is 22.3 Å². The molecule has 2 aromatic carbocycles. The first-order valence-corrected chi connectivity index (χ1v) is 7.58. The molecule has 1 N–H and O–H groups in total. The standard InChI is InChI=1S/C20H20N2/c1-16-12-19(13-17-8-4-2-5-9-17)15-22-20(16)21-14-18-10-6-3-7-11-18/h2-12,15H,13-14H2,1H3,(H,21,22). The highest BCUT2D eigenvalue weighted by Crippen LogP contribution is 2.16. The highest BCUT2D eigenvalue weighted by atomic mass is 15.0. The lowest BCUT2D eigenvalue weighted by molar-refractivity contribution is 1.07. The minimum absolute atomic E-state index is 0.798. The summed E-state index contributed by atoms with van der Waals surface area (Å²) in [6.45, 7) is 2.90. The van der Waals surface area contributed by atoms with Crippen molar-refractivity contribution in [2.24, 2.45) is 0 Å². The fraction of sp³-hybridized carbons (Fsp3) is 0.150. The van der Waals surface area contributed by atoms with Gasteiger partial charge in [-0.15, -0.1) is 0 Å². The molecule has 2 nitrogen and oxygen atoms in total. The molecule has 0 aliphatic rings. The number of rotatable bonds is 5. The molecule has 1 aromatic heterocycles. The number of pyridine rings is 1. The molecule has 0 aliphatic carbocycles. The van der Waals surface area contributed by atoms with Gasteiger partial charge in [-0.1, -0.05) is 66.7 Å². The number of hydrogen-bond donors (Lipinski definition) is 1. The Morgan fingerprint density at radius 3 is 2.09 bits per heavy atom. The molecular formula is C20H20N2. The van der Waals surface area contributed by atoms with E-state index in [1.54, 1.807) is 0 Å². The first-order valence-electron chi connectivity index (χ1n) is 7.58. The van der Waals surface area contributed by atoms with E-state index < -0.39 is 0 Å². The zero-order valence-corrected chi connectivity index (χ0v) is 12.8. The topological polar surface area (TPSA) is 24.9 Å². The predicted molar refractivity (Wildman–Crippen MR) is 92.0 cm³/mol. The first kappa shape index (κ1) is 14.3. The largest absolute Gasteiger partial charge is 0.366 e. The van der Waals surface area contributed by atoms with Gasteiger partial charge in [-0.25, -0.2) is 4.98 Å². The van der Waals surface area contributed by atoms with Gasteiger partial charge in [0.1, 0.15) is 5.82 Å². The molecule has 0 amide bonds. The Balaban J connectivity index is 1.67. The van der Waals surface area contributed by atoms with Crippen LogP contribution in [0.3, 0.4) is 0 Å². The van der Waals surface area contributed by atoms with E-state index in [2.05, 4.69) is 71.8 Å². The van der Waals surface area contributed by atoms with Crippen LogP contribution < -0.4 is 5.32 Å². The smallest absolute Gasteiger partial charge is 0.129 e. The Labute approximate surface area is 131 Å². The van der Waals surface area contributed by atoms with Gasteiger partial charge in [-0.2, -0.15) is 0 Å². The molecule has 0 unspecified atom stereocenters. The van der Waals surface area contributed by atoms with Gasteiger partial charge in [0.25, 0.3) is 0 Å². The van der Waals surface area contributed by atoms with E-state index in [0.29, 0.717) is 0 Å². The lowest BCUT2D eigenvalue weighted by atomic mass is 10.1. The SMILES string of the molecule is Cc1cc(Cc2ccccc2)cnc1NCc1ccccc1. The summed E-state index contributed by atoms with van der Waals surface area (Å²) in [5.41, 5.74) is 5.00. The van der Waals surface area contributed by atoms with Crippen LogP contribution in [0.25, 0.3) is 0 Å². The van der Waals surface area contributed by atoms with Crippen molar-refractivity contribution >= 4 is 5.82 Å². The van der Waals surface area contributed by atoms with Crippen LogP contribution in [-0.4, -0.2) is 4.98 Å². The molecule has 3 rings (SSSR count). The number of nitrogens with one attached hydrogen (secondary N) is 1. The van der Waals surface area contributed by atoms with Crippen LogP contribution in [0.5, 0.6) is 0 Å². The summed E-state index contributed by atoms with van der Waals surface area (Å²) in [6.07, 6.45) is 2.89. The van der Waals surface area contributed by atoms with E-state index in [1.807, 2.05) is 18.3 Å². The number of benzene rings is 2. The summed E-state index contributed by atoms with van der Waals surface area (Å²) < 4.78 is 0. The van der Waals surface area contributed by atoms with Crippen molar-refractivity contribution in [3.8, 4) is 0 Å². The van der Waals surface area contributed by atoms with Crippen LogP contribution in [0, 0.1) is 6.92 Å². The van der Waals surface area contributed by atoms with Crippen LogP contribution in [0.15, 0.2) is 72.9 Å². The van der Waals surface area contributed by atoms with Gasteiger partial charge in [-0.3, -0.25) is 0 Å². The van der Waals surface area contributed by atoms with Gasteiger partial charge >= 0.3 is 0 Å². The second kappa shape index (κ2) is 6.90. The minimum Gasteiger partial charge on any atom is -0.366 e. The van der Waals surface area contributed by atoms with Crippen LogP contribution in [0.4, 0.5) is 5.82 Å². The van der Waals surface area contributed by atoms with Gasteiger partial charge in [0.05, 0.1) is 0 Å². The monoisotopic (exact) mass is 288 g/mol. The van der Waals surface area contributed by atoms with Crippen LogP contribution in [0.1, 0.15) is 22.3 Å². The molecule has 0 bridgehead atoms. The van der Waals surface area contributed by atoms with E-state index in [-0.39, 0.29) is 0 Å². The third-order valence-electron chi connectivity index (χ3n) is 3.69. The van der Waals surface area contributed by atoms with Crippen LogP contribution in [0.2, 0.25) is 0 Å².